The topological polar surface area (TPSA) is 89.3 Å². The Labute approximate surface area is 109 Å². The molecule has 1 unspecified atom stereocenters. The summed E-state index contributed by atoms with van der Waals surface area (Å²) in [7, 11) is -3.41. The first kappa shape index (κ1) is 15.4. The molecule has 0 bridgehead atoms. The van der Waals surface area contributed by atoms with Crippen LogP contribution in [0.15, 0.2) is 0 Å². The monoisotopic (exact) mass is 276 g/mol. The molecule has 1 atom stereocenters. The largest absolute Gasteiger partial charge is 0.352 e. The molecule has 0 aromatic rings. The van der Waals surface area contributed by atoms with Crippen LogP contribution in [-0.4, -0.2) is 37.9 Å². The first-order chi connectivity index (χ1) is 8.45. The summed E-state index contributed by atoms with van der Waals surface area (Å²) in [5.41, 5.74) is 5.33. The fourth-order valence-corrected chi connectivity index (χ4v) is 3.19. The van der Waals surface area contributed by atoms with E-state index in [1.807, 2.05) is 0 Å². The molecule has 0 saturated heterocycles. The molecule has 0 spiro atoms. The molecule has 0 radical (unpaired) electrons. The molecule has 1 fully saturated rings. The van der Waals surface area contributed by atoms with Gasteiger partial charge in [0.05, 0.1) is 5.25 Å². The average molecular weight is 276 g/mol. The van der Waals surface area contributed by atoms with E-state index in [9.17, 15) is 13.2 Å². The normalized spacial score (nSPS) is 20.1. The lowest BCUT2D eigenvalue weighted by Crippen LogP contribution is -2.41. The molecule has 5 nitrogen and oxygen atoms in total. The van der Waals surface area contributed by atoms with Gasteiger partial charge >= 0.3 is 0 Å². The molecule has 1 amide bonds. The first-order valence-corrected chi connectivity index (χ1v) is 8.38. The number of nitrogens with two attached hydrogens (primary N) is 1. The van der Waals surface area contributed by atoms with E-state index in [4.69, 9.17) is 5.73 Å². The summed E-state index contributed by atoms with van der Waals surface area (Å²) in [5, 5.41) is 2.18. The van der Waals surface area contributed by atoms with Gasteiger partial charge in [0.1, 0.15) is 5.75 Å². The number of hydrogen-bond acceptors (Lipinski definition) is 4. The van der Waals surface area contributed by atoms with Crippen molar-refractivity contribution in [2.75, 3.05) is 12.3 Å². The maximum Gasteiger partial charge on any atom is 0.235 e. The number of sulfone groups is 1. The minimum absolute atomic E-state index is 0.0546. The van der Waals surface area contributed by atoms with Gasteiger partial charge in [-0.05, 0) is 19.8 Å². The van der Waals surface area contributed by atoms with Crippen LogP contribution in [0.5, 0.6) is 0 Å². The number of amides is 1. The lowest BCUT2D eigenvalue weighted by Gasteiger charge is -2.17. The van der Waals surface area contributed by atoms with E-state index in [0.717, 1.165) is 25.7 Å². The number of nitrogens with one attached hydrogen (secondary N) is 1. The molecule has 0 aromatic heterocycles. The van der Waals surface area contributed by atoms with Crippen molar-refractivity contribution in [3.05, 3.63) is 0 Å². The summed E-state index contributed by atoms with van der Waals surface area (Å²) in [6, 6.07) is 0.142. The second kappa shape index (κ2) is 7.09. The molecule has 18 heavy (non-hydrogen) atoms. The van der Waals surface area contributed by atoms with E-state index in [-0.39, 0.29) is 18.5 Å². The molecule has 106 valence electrons. The minimum atomic E-state index is -3.41. The van der Waals surface area contributed by atoms with Crippen LogP contribution in [0, 0.1) is 0 Å². The van der Waals surface area contributed by atoms with Gasteiger partial charge < -0.3 is 11.1 Å². The predicted molar refractivity (Wildman–Crippen MR) is 71.9 cm³/mol. The molecule has 1 aliphatic rings. The van der Waals surface area contributed by atoms with Crippen LogP contribution < -0.4 is 11.1 Å². The lowest BCUT2D eigenvalue weighted by molar-refractivity contribution is -0.119. The molecule has 3 N–H and O–H groups in total. The molecular formula is C12H24N2O3S. The summed E-state index contributed by atoms with van der Waals surface area (Å²) in [5.74, 6) is -0.829. The maximum absolute atomic E-state index is 11.7. The smallest absolute Gasteiger partial charge is 0.235 e. The van der Waals surface area contributed by atoms with Crippen LogP contribution in [-0.2, 0) is 14.6 Å². The van der Waals surface area contributed by atoms with Gasteiger partial charge in [0, 0.05) is 12.6 Å². The van der Waals surface area contributed by atoms with Gasteiger partial charge in [-0.1, -0.05) is 25.7 Å². The van der Waals surface area contributed by atoms with Crippen LogP contribution in [0.3, 0.4) is 0 Å². The fourth-order valence-electron chi connectivity index (χ4n) is 2.16. The van der Waals surface area contributed by atoms with Crippen molar-refractivity contribution in [2.45, 2.75) is 56.7 Å². The van der Waals surface area contributed by atoms with E-state index < -0.39 is 20.8 Å². The summed E-state index contributed by atoms with van der Waals surface area (Å²) < 4.78 is 23.5. The minimum Gasteiger partial charge on any atom is -0.352 e. The SMILES string of the molecule is CC(CN)S(=O)(=O)CC(=O)NC1CCCCCC1. The standard InChI is InChI=1S/C12H24N2O3S/c1-10(8-13)18(16,17)9-12(15)14-11-6-4-2-3-5-7-11/h10-11H,2-9,13H2,1H3,(H,14,15). The van der Waals surface area contributed by atoms with Crippen molar-refractivity contribution >= 4 is 15.7 Å². The van der Waals surface area contributed by atoms with Crippen LogP contribution >= 0.6 is 0 Å². The molecule has 1 rings (SSSR count). The first-order valence-electron chi connectivity index (χ1n) is 6.66. The number of hydrogen-bond donors (Lipinski definition) is 2. The third-order valence-electron chi connectivity index (χ3n) is 3.50. The molecule has 0 aliphatic heterocycles. The van der Waals surface area contributed by atoms with Crippen LogP contribution in [0.25, 0.3) is 0 Å². The second-order valence-corrected chi connectivity index (χ2v) is 7.53. The Bertz CT molecular complexity index is 360. The molecule has 1 saturated carbocycles. The van der Waals surface area contributed by atoms with Crippen molar-refractivity contribution in [2.24, 2.45) is 5.73 Å². The number of carbonyl (C=O) groups excluding carboxylic acids is 1. The Balaban J connectivity index is 2.45. The Kier molecular flexibility index (Phi) is 6.08. The van der Waals surface area contributed by atoms with Gasteiger partial charge in [0.15, 0.2) is 9.84 Å². The van der Waals surface area contributed by atoms with Gasteiger partial charge in [-0.3, -0.25) is 4.79 Å². The molecule has 1 aliphatic carbocycles. The maximum atomic E-state index is 11.7. The second-order valence-electron chi connectivity index (χ2n) is 5.11. The van der Waals surface area contributed by atoms with Crippen molar-refractivity contribution in [1.82, 2.24) is 5.32 Å². The molecular weight excluding hydrogens is 252 g/mol. The van der Waals surface area contributed by atoms with Crippen molar-refractivity contribution in [1.29, 1.82) is 0 Å². The Morgan fingerprint density at radius 2 is 1.83 bits per heavy atom. The van der Waals surface area contributed by atoms with Gasteiger partial charge in [-0.25, -0.2) is 8.42 Å². The Hall–Kier alpha value is -0.620. The zero-order valence-corrected chi connectivity index (χ0v) is 11.8. The quantitative estimate of drug-likeness (QED) is 0.719. The fraction of sp³-hybridized carbons (Fsp3) is 0.917. The molecule has 0 aromatic carbocycles. The van der Waals surface area contributed by atoms with E-state index in [1.54, 1.807) is 0 Å². The van der Waals surface area contributed by atoms with Crippen LogP contribution in [0.1, 0.15) is 45.4 Å². The summed E-state index contributed by atoms with van der Waals surface area (Å²) in [6.45, 7) is 1.59. The van der Waals surface area contributed by atoms with Gasteiger partial charge in [0.2, 0.25) is 5.91 Å². The summed E-state index contributed by atoms with van der Waals surface area (Å²) in [4.78, 5) is 11.7. The Morgan fingerprint density at radius 1 is 1.28 bits per heavy atom. The highest BCUT2D eigenvalue weighted by Gasteiger charge is 2.24. The molecule has 6 heteroatoms. The van der Waals surface area contributed by atoms with E-state index >= 15 is 0 Å². The van der Waals surface area contributed by atoms with Crippen LogP contribution in [0.2, 0.25) is 0 Å². The van der Waals surface area contributed by atoms with Crippen molar-refractivity contribution in [3.8, 4) is 0 Å². The third kappa shape index (κ3) is 4.94. The van der Waals surface area contributed by atoms with Gasteiger partial charge in [0.25, 0.3) is 0 Å². The van der Waals surface area contributed by atoms with E-state index in [1.165, 1.54) is 19.8 Å². The van der Waals surface area contributed by atoms with Gasteiger partial charge in [-0.2, -0.15) is 0 Å². The van der Waals surface area contributed by atoms with Crippen molar-refractivity contribution < 1.29 is 13.2 Å². The molecule has 0 heterocycles. The summed E-state index contributed by atoms with van der Waals surface area (Å²) in [6.07, 6.45) is 6.54. The highest BCUT2D eigenvalue weighted by atomic mass is 32.2. The van der Waals surface area contributed by atoms with E-state index in [0.29, 0.717) is 0 Å². The van der Waals surface area contributed by atoms with Crippen LogP contribution in [0.4, 0.5) is 0 Å². The number of rotatable bonds is 5. The number of carbonyl (C=O) groups is 1. The lowest BCUT2D eigenvalue weighted by atomic mass is 10.1. The summed E-state index contributed by atoms with van der Waals surface area (Å²) >= 11 is 0. The zero-order valence-electron chi connectivity index (χ0n) is 11.0. The zero-order chi connectivity index (χ0) is 13.6. The van der Waals surface area contributed by atoms with E-state index in [2.05, 4.69) is 5.32 Å². The average Bonchev–Trinajstić information content (AvgIpc) is 2.55. The predicted octanol–water partition coefficient (Wildman–Crippen LogP) is 0.587. The van der Waals surface area contributed by atoms with Crippen molar-refractivity contribution in [3.63, 3.8) is 0 Å². The highest BCUT2D eigenvalue weighted by Crippen LogP contribution is 2.17. The third-order valence-corrected chi connectivity index (χ3v) is 5.58. The Morgan fingerprint density at radius 3 is 2.33 bits per heavy atom. The van der Waals surface area contributed by atoms with Gasteiger partial charge in [-0.15, -0.1) is 0 Å². The highest BCUT2D eigenvalue weighted by molar-refractivity contribution is 7.92.